The van der Waals surface area contributed by atoms with Gasteiger partial charge in [-0.2, -0.15) is 0 Å². The first-order valence-corrected chi connectivity index (χ1v) is 17.3. The highest BCUT2D eigenvalue weighted by atomic mass is 15.0. The molecule has 3 heteroatoms. The Morgan fingerprint density at radius 2 is 1.18 bits per heavy atom. The van der Waals surface area contributed by atoms with E-state index >= 15 is 0 Å². The molecule has 7 aromatic carbocycles. The summed E-state index contributed by atoms with van der Waals surface area (Å²) in [4.78, 5) is 10.0. The van der Waals surface area contributed by atoms with Crippen molar-refractivity contribution in [3.05, 3.63) is 163 Å². The average Bonchev–Trinajstić information content (AvgIpc) is 3.66. The highest BCUT2D eigenvalue weighted by Gasteiger charge is 2.35. The van der Waals surface area contributed by atoms with Crippen molar-refractivity contribution in [3.63, 3.8) is 0 Å². The van der Waals surface area contributed by atoms with Gasteiger partial charge in [-0.15, -0.1) is 0 Å². The molecule has 0 saturated heterocycles. The number of hydrogen-bond acceptors (Lipinski definition) is 2. The quantitative estimate of drug-likeness (QED) is 0.177. The SMILES string of the molecule is CC1(C)c2ccccc2-c2ccc(-c3ccc4cc(-c5ccc6c(c5)c5ccc7cccnc7c5c5nc7ccccc7n65)ccc4c3)cc21. The monoisotopic (exact) mass is 637 g/mol. The van der Waals surface area contributed by atoms with Crippen molar-refractivity contribution in [2.24, 2.45) is 0 Å². The fourth-order valence-electron chi connectivity index (χ4n) is 8.65. The Kier molecular flexibility index (Phi) is 5.45. The summed E-state index contributed by atoms with van der Waals surface area (Å²) in [6.45, 7) is 4.69. The molecular weight excluding hydrogens is 607 g/mol. The van der Waals surface area contributed by atoms with Crippen molar-refractivity contribution in [1.82, 2.24) is 14.4 Å². The molecule has 0 bridgehead atoms. The lowest BCUT2D eigenvalue weighted by molar-refractivity contribution is 0.660. The van der Waals surface area contributed by atoms with Gasteiger partial charge in [0.2, 0.25) is 0 Å². The van der Waals surface area contributed by atoms with Crippen LogP contribution < -0.4 is 0 Å². The number of benzene rings is 7. The Hall–Kier alpha value is -6.32. The van der Waals surface area contributed by atoms with Gasteiger partial charge in [0, 0.05) is 22.4 Å². The molecule has 3 heterocycles. The first-order chi connectivity index (χ1) is 24.5. The average molecular weight is 638 g/mol. The first-order valence-electron chi connectivity index (χ1n) is 17.3. The van der Waals surface area contributed by atoms with Crippen molar-refractivity contribution in [3.8, 4) is 33.4 Å². The Morgan fingerprint density at radius 1 is 0.500 bits per heavy atom. The lowest BCUT2D eigenvalue weighted by atomic mass is 9.81. The van der Waals surface area contributed by atoms with Gasteiger partial charge in [-0.1, -0.05) is 111 Å². The zero-order valence-electron chi connectivity index (χ0n) is 27.8. The van der Waals surface area contributed by atoms with Crippen LogP contribution in [0.1, 0.15) is 25.0 Å². The first kappa shape index (κ1) is 27.6. The minimum Gasteiger partial charge on any atom is -0.292 e. The summed E-state index contributed by atoms with van der Waals surface area (Å²) >= 11 is 0. The van der Waals surface area contributed by atoms with Gasteiger partial charge in [-0.25, -0.2) is 4.98 Å². The minimum absolute atomic E-state index is 0.0147. The standard InChI is InChI=1S/C47H31N3/c1-47(2)39-10-4-3-9-35(39)36-20-18-34(27-40(36)47)32-16-14-29-24-31(15-13-30(29)25-32)33-19-22-42-38(26-33)37-21-17-28-8-7-23-48-45(28)44(37)46-49-41-11-5-6-12-43(41)50(42)46/h3-27H,1-2H3. The molecule has 0 unspecified atom stereocenters. The number of para-hydroxylation sites is 2. The fourth-order valence-corrected chi connectivity index (χ4v) is 8.65. The van der Waals surface area contributed by atoms with E-state index in [4.69, 9.17) is 9.97 Å². The highest BCUT2D eigenvalue weighted by molar-refractivity contribution is 6.22. The molecule has 0 N–H and O–H groups in total. The second-order valence-corrected chi connectivity index (χ2v) is 14.3. The van der Waals surface area contributed by atoms with E-state index in [1.165, 1.54) is 66.1 Å². The normalized spacial score (nSPS) is 13.6. The number of pyridine rings is 2. The number of nitrogens with zero attached hydrogens (tertiary/aromatic N) is 3. The van der Waals surface area contributed by atoms with Gasteiger partial charge in [-0.3, -0.25) is 9.38 Å². The summed E-state index contributed by atoms with van der Waals surface area (Å²) in [5, 5.41) is 7.04. The molecule has 1 aliphatic rings. The summed E-state index contributed by atoms with van der Waals surface area (Å²) in [5.41, 5.74) is 15.6. The molecule has 3 aromatic heterocycles. The molecule has 10 aromatic rings. The van der Waals surface area contributed by atoms with Crippen LogP contribution in [0, 0.1) is 0 Å². The number of aromatic nitrogens is 3. The molecule has 0 amide bonds. The van der Waals surface area contributed by atoms with Crippen LogP contribution in [-0.2, 0) is 5.41 Å². The van der Waals surface area contributed by atoms with Crippen LogP contribution in [0.15, 0.2) is 152 Å². The summed E-state index contributed by atoms with van der Waals surface area (Å²) in [6.07, 6.45) is 1.88. The van der Waals surface area contributed by atoms with E-state index in [9.17, 15) is 0 Å². The minimum atomic E-state index is -0.0147. The zero-order valence-corrected chi connectivity index (χ0v) is 27.8. The van der Waals surface area contributed by atoms with E-state index < -0.39 is 0 Å². The number of imidazole rings is 1. The summed E-state index contributed by atoms with van der Waals surface area (Å²) < 4.78 is 2.31. The molecular formula is C47H31N3. The third kappa shape index (κ3) is 3.75. The Morgan fingerprint density at radius 3 is 2.04 bits per heavy atom. The van der Waals surface area contributed by atoms with E-state index in [0.717, 1.165) is 38.5 Å². The maximum Gasteiger partial charge on any atom is 0.148 e. The zero-order chi connectivity index (χ0) is 33.1. The van der Waals surface area contributed by atoms with Gasteiger partial charge >= 0.3 is 0 Å². The molecule has 11 rings (SSSR count). The predicted octanol–water partition coefficient (Wildman–Crippen LogP) is 12.1. The second-order valence-electron chi connectivity index (χ2n) is 14.3. The van der Waals surface area contributed by atoms with Crippen molar-refractivity contribution >= 4 is 60.0 Å². The molecule has 3 nitrogen and oxygen atoms in total. The largest absolute Gasteiger partial charge is 0.292 e. The fraction of sp³-hybridized carbons (Fsp3) is 0.0638. The van der Waals surface area contributed by atoms with E-state index in [0.29, 0.717) is 0 Å². The molecule has 0 atom stereocenters. The smallest absolute Gasteiger partial charge is 0.148 e. The molecule has 0 saturated carbocycles. The van der Waals surface area contributed by atoms with E-state index in [1.54, 1.807) is 0 Å². The summed E-state index contributed by atoms with van der Waals surface area (Å²) in [6, 6.07) is 53.4. The molecule has 0 radical (unpaired) electrons. The molecule has 50 heavy (non-hydrogen) atoms. The lowest BCUT2D eigenvalue weighted by Gasteiger charge is -2.22. The van der Waals surface area contributed by atoms with Gasteiger partial charge < -0.3 is 0 Å². The Balaban J connectivity index is 1.05. The Labute approximate surface area is 289 Å². The third-order valence-electron chi connectivity index (χ3n) is 11.2. The van der Waals surface area contributed by atoms with Crippen LogP contribution in [0.2, 0.25) is 0 Å². The predicted molar refractivity (Wildman–Crippen MR) is 209 cm³/mol. The Bertz CT molecular complexity index is 3070. The highest BCUT2D eigenvalue weighted by Crippen LogP contribution is 2.49. The van der Waals surface area contributed by atoms with E-state index in [2.05, 4.69) is 158 Å². The number of hydrogen-bond donors (Lipinski definition) is 0. The second kappa shape index (κ2) is 9.87. The maximum absolute atomic E-state index is 5.14. The van der Waals surface area contributed by atoms with Gasteiger partial charge in [0.1, 0.15) is 5.65 Å². The van der Waals surface area contributed by atoms with E-state index in [1.807, 2.05) is 12.3 Å². The molecule has 0 aliphatic heterocycles. The maximum atomic E-state index is 5.14. The molecule has 1 aliphatic carbocycles. The van der Waals surface area contributed by atoms with Crippen molar-refractivity contribution in [1.29, 1.82) is 0 Å². The topological polar surface area (TPSA) is 30.2 Å². The van der Waals surface area contributed by atoms with Crippen molar-refractivity contribution < 1.29 is 0 Å². The van der Waals surface area contributed by atoms with Gasteiger partial charge in [0.15, 0.2) is 0 Å². The van der Waals surface area contributed by atoms with Crippen LogP contribution in [0.4, 0.5) is 0 Å². The number of rotatable bonds is 2. The van der Waals surface area contributed by atoms with E-state index in [-0.39, 0.29) is 5.41 Å². The van der Waals surface area contributed by atoms with Gasteiger partial charge in [0.05, 0.1) is 27.5 Å². The van der Waals surface area contributed by atoms with Crippen LogP contribution >= 0.6 is 0 Å². The molecule has 0 fully saturated rings. The summed E-state index contributed by atoms with van der Waals surface area (Å²) in [7, 11) is 0. The third-order valence-corrected chi connectivity index (χ3v) is 11.2. The summed E-state index contributed by atoms with van der Waals surface area (Å²) in [5.74, 6) is 0. The van der Waals surface area contributed by atoms with Crippen LogP contribution in [0.25, 0.3) is 93.4 Å². The van der Waals surface area contributed by atoms with Crippen molar-refractivity contribution in [2.45, 2.75) is 19.3 Å². The van der Waals surface area contributed by atoms with Crippen LogP contribution in [-0.4, -0.2) is 14.4 Å². The molecule has 234 valence electrons. The van der Waals surface area contributed by atoms with Gasteiger partial charge in [0.25, 0.3) is 0 Å². The van der Waals surface area contributed by atoms with Crippen molar-refractivity contribution in [2.75, 3.05) is 0 Å². The van der Waals surface area contributed by atoms with Crippen LogP contribution in [0.5, 0.6) is 0 Å². The molecule has 0 spiro atoms. The number of fused-ring (bicyclic) bond motifs is 14. The van der Waals surface area contributed by atoms with Gasteiger partial charge in [-0.05, 0) is 109 Å². The lowest BCUT2D eigenvalue weighted by Crippen LogP contribution is -2.14. The van der Waals surface area contributed by atoms with Crippen LogP contribution in [0.3, 0.4) is 0 Å².